The summed E-state index contributed by atoms with van der Waals surface area (Å²) in [4.78, 5) is 36.9. The largest absolute Gasteiger partial charge is 0.383 e. The van der Waals surface area contributed by atoms with E-state index in [0.717, 1.165) is 65.8 Å². The third-order valence-electron chi connectivity index (χ3n) is 6.17. The Morgan fingerprint density at radius 1 is 0.549 bits per heavy atom. The number of nitrogens with one attached hydrogen (secondary N) is 6. The molecule has 4 heterocycles. The van der Waals surface area contributed by atoms with E-state index in [-0.39, 0.29) is 37.1 Å². The molecule has 0 saturated carbocycles. The Morgan fingerprint density at radius 2 is 1.06 bits per heavy atom. The highest BCUT2D eigenvalue weighted by Crippen LogP contribution is 2.13. The summed E-state index contributed by atoms with van der Waals surface area (Å²) in [5, 5.41) is 17.8. The lowest BCUT2D eigenvalue weighted by Crippen LogP contribution is -2.05. The molecule has 0 saturated heterocycles. The highest BCUT2D eigenvalue weighted by atomic mass is 15.2. The van der Waals surface area contributed by atoms with Crippen LogP contribution in [-0.4, -0.2) is 86.1 Å². The van der Waals surface area contributed by atoms with Crippen molar-refractivity contribution >= 4 is 41.2 Å². The molecule has 0 aliphatic heterocycles. The van der Waals surface area contributed by atoms with Crippen molar-refractivity contribution < 1.29 is 0 Å². The molecule has 4 aromatic heterocycles. The first-order chi connectivity index (χ1) is 22.1. The number of hydrogen-bond acceptors (Lipinski definition) is 16. The van der Waals surface area contributed by atoms with Crippen molar-refractivity contribution in [1.82, 2.24) is 44.9 Å². The summed E-state index contributed by atoms with van der Waals surface area (Å²) in [6.07, 6.45) is 6.89. The fraction of sp³-hybridized carbons (Fsp3) is 0.571. The van der Waals surface area contributed by atoms with Gasteiger partial charge in [0.2, 0.25) is 23.8 Å². The monoisotopic (exact) mass is 717 g/mol. The number of nitrogens with two attached hydrogens (primary N) is 1. The van der Waals surface area contributed by atoms with E-state index in [2.05, 4.69) is 83.7 Å². The molecule has 16 nitrogen and oxygen atoms in total. The second kappa shape index (κ2) is 30.9. The third kappa shape index (κ3) is 19.6. The molecule has 8 N–H and O–H groups in total. The Bertz CT molecular complexity index is 1430. The van der Waals surface area contributed by atoms with E-state index in [4.69, 9.17) is 5.73 Å². The molecule has 51 heavy (non-hydrogen) atoms. The second-order valence-corrected chi connectivity index (χ2v) is 9.43. The van der Waals surface area contributed by atoms with Crippen LogP contribution in [-0.2, 0) is 12.8 Å². The Hall–Kier alpha value is -5.15. The van der Waals surface area contributed by atoms with Crippen LogP contribution in [0.3, 0.4) is 0 Å². The molecule has 4 rings (SSSR count). The maximum absolute atomic E-state index is 5.65. The van der Waals surface area contributed by atoms with Crippen molar-refractivity contribution in [2.24, 2.45) is 0 Å². The zero-order valence-electron chi connectivity index (χ0n) is 29.2. The molecule has 292 valence electrons. The minimum Gasteiger partial charge on any atom is -0.383 e. The first kappa shape index (κ1) is 55.3. The third-order valence-corrected chi connectivity index (χ3v) is 6.17. The van der Waals surface area contributed by atoms with Gasteiger partial charge < -0.3 is 37.6 Å². The van der Waals surface area contributed by atoms with E-state index in [1.807, 2.05) is 54.8 Å². The molecule has 0 aliphatic rings. The number of nitrogens with zero attached hydrogens (tertiary/aromatic N) is 9. The Balaban J connectivity index is -0.000000179. The Kier molecular flexibility index (Phi) is 33.5. The molecule has 0 radical (unpaired) electrons. The van der Waals surface area contributed by atoms with Crippen LogP contribution in [0.2, 0.25) is 0 Å². The van der Waals surface area contributed by atoms with Crippen molar-refractivity contribution in [3.8, 4) is 0 Å². The van der Waals surface area contributed by atoms with E-state index in [1.54, 1.807) is 27.3 Å². The molecule has 4 aromatic rings. The number of rotatable bonds is 10. The van der Waals surface area contributed by atoms with E-state index >= 15 is 0 Å². The zero-order chi connectivity index (χ0) is 34.5. The van der Waals surface area contributed by atoms with E-state index < -0.39 is 0 Å². The lowest BCUT2D eigenvalue weighted by molar-refractivity contribution is 0.911. The molecule has 0 fully saturated rings. The van der Waals surface area contributed by atoms with E-state index in [9.17, 15) is 0 Å². The smallest absolute Gasteiger partial charge is 0.227 e. The van der Waals surface area contributed by atoms with Crippen molar-refractivity contribution in [3.63, 3.8) is 0 Å². The molecule has 0 spiro atoms. The molecule has 0 unspecified atom stereocenters. The first-order valence-corrected chi connectivity index (χ1v) is 15.3. The van der Waals surface area contributed by atoms with Crippen molar-refractivity contribution in [3.05, 3.63) is 46.9 Å². The average Bonchev–Trinajstić information content (AvgIpc) is 3.08. The van der Waals surface area contributed by atoms with Gasteiger partial charge in [0.15, 0.2) is 0 Å². The number of aromatic nitrogens is 9. The fourth-order valence-electron chi connectivity index (χ4n) is 3.44. The van der Waals surface area contributed by atoms with Gasteiger partial charge in [-0.25, -0.2) is 29.9 Å². The second-order valence-electron chi connectivity index (χ2n) is 9.43. The van der Waals surface area contributed by atoms with Gasteiger partial charge in [-0.2, -0.15) is 15.0 Å². The number of anilines is 7. The van der Waals surface area contributed by atoms with Gasteiger partial charge in [-0.15, -0.1) is 0 Å². The quantitative estimate of drug-likeness (QED) is 0.0868. The van der Waals surface area contributed by atoms with Gasteiger partial charge in [-0.3, -0.25) is 0 Å². The molecule has 0 aromatic carbocycles. The Morgan fingerprint density at radius 3 is 1.53 bits per heavy atom. The van der Waals surface area contributed by atoms with Gasteiger partial charge >= 0.3 is 0 Å². The molecule has 16 heteroatoms. The summed E-state index contributed by atoms with van der Waals surface area (Å²) in [5.41, 5.74) is 9.82. The topological polar surface area (TPSA) is 214 Å². The van der Waals surface area contributed by atoms with Crippen LogP contribution in [0.25, 0.3) is 0 Å². The van der Waals surface area contributed by atoms with Gasteiger partial charge in [0.1, 0.15) is 29.6 Å². The van der Waals surface area contributed by atoms with Crippen LogP contribution in [0.4, 0.5) is 41.2 Å². The van der Waals surface area contributed by atoms with Gasteiger partial charge in [0.25, 0.3) is 0 Å². The standard InChI is InChI=1S/2C8H14N4.C8H13N3.C6H11N5.5CH4/c1-4-6-5-11-8(10-3)12-7(6)9-2;1-4-10-7-6(2)5-11-8(9-3)12-7;1-4-7-10-6(3)5(2)8(9)11-7;1-3-8-6-10-4-9-5(7-2)11-6;;;;;/h2*5H,4H2,1-3H3,(H2,9,10,11,12);4H2,1-3H3,(H2,9,10,11);4H,3H2,1-2H3,(H2,7,8,9,10,11);5*1H4. The van der Waals surface area contributed by atoms with Crippen LogP contribution < -0.4 is 37.6 Å². The minimum absolute atomic E-state index is 0. The first-order valence-electron chi connectivity index (χ1n) is 15.3. The zero-order valence-corrected chi connectivity index (χ0v) is 29.2. The number of aryl methyl sites for hydroxylation is 4. The maximum atomic E-state index is 5.65. The van der Waals surface area contributed by atoms with E-state index in [0.29, 0.717) is 29.6 Å². The summed E-state index contributed by atoms with van der Waals surface area (Å²) in [6.45, 7) is 15.7. The van der Waals surface area contributed by atoms with Crippen molar-refractivity contribution in [1.29, 1.82) is 0 Å². The SMILES string of the molecule is C.C.C.C.C.CCNc1nc(NC)ncc1C.CCNc1ncnc(NC)n1.CCc1cnc(NC)nc1NC.CCc1nc(C)c(C)c(N)n1. The highest BCUT2D eigenvalue weighted by Gasteiger charge is 2.03. The Labute approximate surface area is 310 Å². The lowest BCUT2D eigenvalue weighted by Gasteiger charge is -2.06. The summed E-state index contributed by atoms with van der Waals surface area (Å²) in [6, 6.07) is 0. The van der Waals surface area contributed by atoms with Crippen molar-refractivity contribution in [2.45, 2.75) is 98.4 Å². The van der Waals surface area contributed by atoms with E-state index in [1.165, 1.54) is 6.33 Å². The van der Waals surface area contributed by atoms with Crippen LogP contribution in [0.5, 0.6) is 0 Å². The molecular formula is C35H72N16. The molecule has 0 amide bonds. The predicted octanol–water partition coefficient (Wildman–Crippen LogP) is 7.14. The number of nitrogen functional groups attached to an aromatic ring is 1. The summed E-state index contributed by atoms with van der Waals surface area (Å²) in [5.74, 6) is 5.71. The predicted molar refractivity (Wildman–Crippen MR) is 223 cm³/mol. The van der Waals surface area contributed by atoms with Crippen LogP contribution in [0.15, 0.2) is 18.7 Å². The van der Waals surface area contributed by atoms with Crippen LogP contribution in [0, 0.1) is 20.8 Å². The summed E-state index contributed by atoms with van der Waals surface area (Å²) < 4.78 is 0. The molecule has 0 bridgehead atoms. The summed E-state index contributed by atoms with van der Waals surface area (Å²) in [7, 11) is 7.24. The normalized spacial score (nSPS) is 8.69. The average molecular weight is 717 g/mol. The fourth-order valence-corrected chi connectivity index (χ4v) is 3.44. The minimum atomic E-state index is 0. The van der Waals surface area contributed by atoms with Gasteiger partial charge in [0.05, 0.1) is 0 Å². The van der Waals surface area contributed by atoms with Gasteiger partial charge in [-0.05, 0) is 41.0 Å². The number of hydrogen-bond donors (Lipinski definition) is 7. The van der Waals surface area contributed by atoms with Gasteiger partial charge in [-0.1, -0.05) is 51.0 Å². The summed E-state index contributed by atoms with van der Waals surface area (Å²) >= 11 is 0. The van der Waals surface area contributed by atoms with Crippen LogP contribution in [0.1, 0.15) is 93.0 Å². The lowest BCUT2D eigenvalue weighted by atomic mass is 10.2. The molecule has 0 atom stereocenters. The molecule has 0 aliphatic carbocycles. The van der Waals surface area contributed by atoms with Crippen molar-refractivity contribution in [2.75, 3.05) is 78.9 Å². The van der Waals surface area contributed by atoms with Crippen LogP contribution >= 0.6 is 0 Å². The van der Waals surface area contributed by atoms with Gasteiger partial charge in [0, 0.05) is 82.5 Å². The maximum Gasteiger partial charge on any atom is 0.227 e. The molecular weight excluding hydrogens is 644 g/mol. The highest BCUT2D eigenvalue weighted by molar-refractivity contribution is 5.47.